The summed E-state index contributed by atoms with van der Waals surface area (Å²) in [5.74, 6) is -0.464. The lowest BCUT2D eigenvalue weighted by Crippen LogP contribution is -2.38. The van der Waals surface area contributed by atoms with Gasteiger partial charge < -0.3 is 5.11 Å². The molecule has 7 nitrogen and oxygen atoms in total. The van der Waals surface area contributed by atoms with E-state index in [4.69, 9.17) is 16.6 Å². The smallest absolute Gasteiger partial charge is 0.312 e. The number of aromatic hydroxyl groups is 1. The van der Waals surface area contributed by atoms with Gasteiger partial charge in [0, 0.05) is 16.7 Å². The van der Waals surface area contributed by atoms with E-state index in [0.717, 1.165) is 35.2 Å². The predicted octanol–water partition coefficient (Wildman–Crippen LogP) is 5.35. The summed E-state index contributed by atoms with van der Waals surface area (Å²) in [7, 11) is 0. The molecule has 2 heterocycles. The van der Waals surface area contributed by atoms with Crippen molar-refractivity contribution in [2.45, 2.75) is 18.9 Å². The van der Waals surface area contributed by atoms with Crippen LogP contribution in [0.1, 0.15) is 34.7 Å². The molecule has 0 saturated carbocycles. The highest BCUT2D eigenvalue weighted by atomic mass is 79.9. The Morgan fingerprint density at radius 1 is 1.16 bits per heavy atom. The summed E-state index contributed by atoms with van der Waals surface area (Å²) in [5.41, 5.74) is 4.68. The van der Waals surface area contributed by atoms with Crippen molar-refractivity contribution in [3.63, 3.8) is 0 Å². The van der Waals surface area contributed by atoms with Crippen LogP contribution in [0.2, 0.25) is 5.02 Å². The zero-order chi connectivity index (χ0) is 25.8. The summed E-state index contributed by atoms with van der Waals surface area (Å²) >= 11 is 11.0. The first-order valence-corrected chi connectivity index (χ1v) is 13.4. The van der Waals surface area contributed by atoms with E-state index in [1.165, 1.54) is 29.0 Å². The maximum atomic E-state index is 13.8. The number of phenols is 1. The Morgan fingerprint density at radius 2 is 1.92 bits per heavy atom. The molecular formula is C27H17BrClN3O4S. The van der Waals surface area contributed by atoms with Crippen molar-refractivity contribution in [3.05, 3.63) is 128 Å². The molecule has 184 valence electrons. The summed E-state index contributed by atoms with van der Waals surface area (Å²) in [5, 5.41) is 22.0. The summed E-state index contributed by atoms with van der Waals surface area (Å²) in [6.45, 7) is 0. The van der Waals surface area contributed by atoms with E-state index in [0.29, 0.717) is 19.9 Å². The van der Waals surface area contributed by atoms with Crippen molar-refractivity contribution in [2.75, 3.05) is 0 Å². The predicted molar refractivity (Wildman–Crippen MR) is 147 cm³/mol. The maximum Gasteiger partial charge on any atom is 0.312 e. The second-order valence-electron chi connectivity index (χ2n) is 8.76. The molecule has 1 aliphatic heterocycles. The average molecular weight is 595 g/mol. The van der Waals surface area contributed by atoms with E-state index in [-0.39, 0.29) is 10.0 Å². The van der Waals surface area contributed by atoms with Crippen LogP contribution in [0.25, 0.3) is 11.8 Å². The minimum absolute atomic E-state index is 0.168. The molecule has 0 fully saturated rings. The van der Waals surface area contributed by atoms with Crippen molar-refractivity contribution < 1.29 is 10.0 Å². The Bertz CT molecular complexity index is 1840. The van der Waals surface area contributed by atoms with Gasteiger partial charge in [-0.25, -0.2) is 4.99 Å². The highest BCUT2D eigenvalue weighted by Gasteiger charge is 2.33. The summed E-state index contributed by atoms with van der Waals surface area (Å²) in [6.07, 6.45) is 3.16. The van der Waals surface area contributed by atoms with Gasteiger partial charge in [-0.3, -0.25) is 19.5 Å². The zero-order valence-corrected chi connectivity index (χ0v) is 22.2. The molecule has 0 saturated heterocycles. The first-order valence-electron chi connectivity index (χ1n) is 11.4. The molecule has 4 aromatic rings. The first-order chi connectivity index (χ1) is 17.8. The number of nitro groups is 1. The van der Waals surface area contributed by atoms with E-state index in [2.05, 4.69) is 28.1 Å². The van der Waals surface area contributed by atoms with Gasteiger partial charge in [-0.05, 0) is 69.2 Å². The Balaban J connectivity index is 1.63. The zero-order valence-electron chi connectivity index (χ0n) is 19.0. The van der Waals surface area contributed by atoms with Crippen LogP contribution in [0.4, 0.5) is 5.69 Å². The molecule has 10 heteroatoms. The number of nitro benzene ring substituents is 1. The van der Waals surface area contributed by atoms with Crippen LogP contribution in [0.15, 0.2) is 80.5 Å². The maximum absolute atomic E-state index is 13.8. The molecular weight excluding hydrogens is 578 g/mol. The Morgan fingerprint density at radius 3 is 2.70 bits per heavy atom. The van der Waals surface area contributed by atoms with Crippen LogP contribution >= 0.6 is 38.9 Å². The third-order valence-electron chi connectivity index (χ3n) is 6.63. The van der Waals surface area contributed by atoms with Gasteiger partial charge in [-0.15, -0.1) is 0 Å². The average Bonchev–Trinajstić information content (AvgIpc) is 3.19. The van der Waals surface area contributed by atoms with Gasteiger partial charge in [0.25, 0.3) is 5.56 Å². The highest BCUT2D eigenvalue weighted by molar-refractivity contribution is 9.10. The minimum Gasteiger partial charge on any atom is -0.501 e. The van der Waals surface area contributed by atoms with Gasteiger partial charge in [0.15, 0.2) is 4.80 Å². The van der Waals surface area contributed by atoms with Crippen LogP contribution < -0.4 is 14.9 Å². The highest BCUT2D eigenvalue weighted by Crippen LogP contribution is 2.42. The third-order valence-corrected chi connectivity index (χ3v) is 8.56. The fourth-order valence-corrected chi connectivity index (χ4v) is 6.68. The lowest BCUT2D eigenvalue weighted by atomic mass is 9.83. The van der Waals surface area contributed by atoms with Gasteiger partial charge in [-0.1, -0.05) is 65.4 Å². The second kappa shape index (κ2) is 9.09. The number of aromatic nitrogens is 1. The lowest BCUT2D eigenvalue weighted by molar-refractivity contribution is -0.386. The molecule has 0 amide bonds. The molecule has 3 aromatic carbocycles. The molecule has 6 rings (SSSR count). The van der Waals surface area contributed by atoms with Crippen molar-refractivity contribution in [1.82, 2.24) is 4.57 Å². The van der Waals surface area contributed by atoms with E-state index in [9.17, 15) is 20.0 Å². The summed E-state index contributed by atoms with van der Waals surface area (Å²) < 4.78 is 2.21. The van der Waals surface area contributed by atoms with Gasteiger partial charge in [0.05, 0.1) is 25.7 Å². The molecule has 37 heavy (non-hydrogen) atoms. The fraction of sp³-hybridized carbons (Fsp3) is 0.111. The molecule has 0 spiro atoms. The number of nitrogens with zero attached hydrogens (tertiary/aromatic N) is 3. The first kappa shape index (κ1) is 23.8. The minimum atomic E-state index is -0.665. The van der Waals surface area contributed by atoms with E-state index < -0.39 is 22.4 Å². The van der Waals surface area contributed by atoms with Gasteiger partial charge >= 0.3 is 5.69 Å². The number of halogens is 2. The standard InChI is InChI=1S/C27H17BrClN3O4S/c28-19-11-14(12-21(25(19)33)32(35)36)13-22-26(34)31-24(17-7-3-4-8-20(17)29)18-10-9-15-5-1-2-6-16(15)23(18)30-27(31)37-22/h1-8,11-13,24,33H,9-10H2. The number of hydrogen-bond acceptors (Lipinski definition) is 6. The molecule has 2 aliphatic rings. The van der Waals surface area contributed by atoms with Crippen LogP contribution in [0.3, 0.4) is 0 Å². The number of phenolic OH excluding ortho intramolecular Hbond substituents is 1. The largest absolute Gasteiger partial charge is 0.501 e. The fourth-order valence-electron chi connectivity index (χ4n) is 4.97. The van der Waals surface area contributed by atoms with Crippen LogP contribution in [-0.4, -0.2) is 14.6 Å². The summed E-state index contributed by atoms with van der Waals surface area (Å²) in [6, 6.07) is 18.0. The Hall–Kier alpha value is -3.53. The SMILES string of the molecule is O=c1c(=Cc2cc(Br)c(O)c([N+](=O)[O-])c2)sc2n1C(c1ccccc1Cl)C1=C(N=2)c2ccccc2CC1. The van der Waals surface area contributed by atoms with Crippen LogP contribution in [0.5, 0.6) is 5.75 Å². The molecule has 1 unspecified atom stereocenters. The van der Waals surface area contributed by atoms with Crippen molar-refractivity contribution in [1.29, 1.82) is 0 Å². The number of fused-ring (bicyclic) bond motifs is 3. The van der Waals surface area contributed by atoms with Gasteiger partial charge in [0.2, 0.25) is 5.75 Å². The van der Waals surface area contributed by atoms with E-state index in [1.807, 2.05) is 36.4 Å². The second-order valence-corrected chi connectivity index (χ2v) is 11.0. The number of hydrogen-bond donors (Lipinski definition) is 1. The number of thiazole rings is 1. The summed E-state index contributed by atoms with van der Waals surface area (Å²) in [4.78, 5) is 30.0. The lowest BCUT2D eigenvalue weighted by Gasteiger charge is -2.31. The molecule has 1 atom stereocenters. The molecule has 0 radical (unpaired) electrons. The third kappa shape index (κ3) is 3.94. The molecule has 1 N–H and O–H groups in total. The van der Waals surface area contributed by atoms with Crippen LogP contribution in [0, 0.1) is 10.1 Å². The van der Waals surface area contributed by atoms with Crippen LogP contribution in [-0.2, 0) is 6.42 Å². The number of rotatable bonds is 3. The van der Waals surface area contributed by atoms with Crippen molar-refractivity contribution in [2.24, 2.45) is 4.99 Å². The normalized spacial score (nSPS) is 16.6. The molecule has 0 bridgehead atoms. The van der Waals surface area contributed by atoms with Gasteiger partial charge in [-0.2, -0.15) is 0 Å². The van der Waals surface area contributed by atoms with Gasteiger partial charge in [0.1, 0.15) is 0 Å². The Kier molecular flexibility index (Phi) is 5.86. The topological polar surface area (TPSA) is 97.7 Å². The van der Waals surface area contributed by atoms with Crippen molar-refractivity contribution in [3.8, 4) is 5.75 Å². The number of allylic oxidation sites excluding steroid dienone is 1. The quantitative estimate of drug-likeness (QED) is 0.255. The van der Waals surface area contributed by atoms with E-state index >= 15 is 0 Å². The number of benzene rings is 3. The Labute approximate surface area is 227 Å². The van der Waals surface area contributed by atoms with Crippen molar-refractivity contribution >= 4 is 56.3 Å². The monoisotopic (exact) mass is 593 g/mol. The van der Waals surface area contributed by atoms with E-state index in [1.54, 1.807) is 10.6 Å². The molecule has 1 aromatic heterocycles. The molecule has 1 aliphatic carbocycles. The number of aryl methyl sites for hydroxylation is 1.